The monoisotopic (exact) mass is 334 g/mol. The second-order valence-corrected chi connectivity index (χ2v) is 5.77. The van der Waals surface area contributed by atoms with Crippen LogP contribution in [0.5, 0.6) is 5.75 Å². The van der Waals surface area contributed by atoms with Crippen molar-refractivity contribution in [3.8, 4) is 5.75 Å². The van der Waals surface area contributed by atoms with Crippen molar-refractivity contribution in [2.24, 2.45) is 0 Å². The van der Waals surface area contributed by atoms with Gasteiger partial charge in [0.25, 0.3) is 0 Å². The van der Waals surface area contributed by atoms with E-state index in [0.717, 1.165) is 31.7 Å². The molecule has 0 spiro atoms. The minimum absolute atomic E-state index is 0.157. The highest BCUT2D eigenvalue weighted by Gasteiger charge is 2.11. The largest absolute Gasteiger partial charge is 0.493 e. The highest BCUT2D eigenvalue weighted by Crippen LogP contribution is 2.26. The molecule has 3 rings (SSSR count). The number of hydrogen-bond acceptors (Lipinski definition) is 3. The van der Waals surface area contributed by atoms with Crippen molar-refractivity contribution in [1.29, 1.82) is 0 Å². The van der Waals surface area contributed by atoms with Crippen LogP contribution in [0.2, 0.25) is 0 Å². The van der Waals surface area contributed by atoms with Crippen molar-refractivity contribution >= 4 is 21.6 Å². The van der Waals surface area contributed by atoms with E-state index in [-0.39, 0.29) is 11.1 Å². The molecule has 1 aliphatic heterocycles. The van der Waals surface area contributed by atoms with Gasteiger partial charge in [-0.3, -0.25) is 4.79 Å². The van der Waals surface area contributed by atoms with Crippen molar-refractivity contribution in [2.45, 2.75) is 19.4 Å². The van der Waals surface area contributed by atoms with Gasteiger partial charge in [0.1, 0.15) is 5.75 Å². The molecule has 104 valence electrons. The summed E-state index contributed by atoms with van der Waals surface area (Å²) in [6, 6.07) is 6.32. The minimum atomic E-state index is -0.157. The lowest BCUT2D eigenvalue weighted by atomic mass is 10.1. The molecule has 0 atom stereocenters. The standard InChI is InChI=1S/C15H15BrN2O2/c16-12-8-18(9-13(17)15(12)19)5-3-10-1-2-14-11(7-10)4-6-20-14/h1-2,7-9H,3-6,17H2. The number of fused-ring (bicyclic) bond motifs is 1. The number of benzene rings is 1. The molecule has 0 aliphatic carbocycles. The molecule has 0 radical (unpaired) electrons. The first-order chi connectivity index (χ1) is 9.63. The van der Waals surface area contributed by atoms with E-state index < -0.39 is 0 Å². The number of nitrogens with zero attached hydrogens (tertiary/aromatic N) is 1. The summed E-state index contributed by atoms with van der Waals surface area (Å²) in [5.74, 6) is 1.00. The Hall–Kier alpha value is -1.75. The number of halogens is 1. The van der Waals surface area contributed by atoms with E-state index in [2.05, 4.69) is 28.1 Å². The van der Waals surface area contributed by atoms with Gasteiger partial charge in [-0.05, 0) is 39.5 Å². The van der Waals surface area contributed by atoms with Crippen LogP contribution in [0.4, 0.5) is 5.69 Å². The average Bonchev–Trinajstić information content (AvgIpc) is 2.89. The predicted octanol–water partition coefficient (Wildman–Crippen LogP) is 2.37. The number of hydrogen-bond donors (Lipinski definition) is 1. The fourth-order valence-corrected chi connectivity index (χ4v) is 2.89. The molecule has 2 heterocycles. The van der Waals surface area contributed by atoms with Gasteiger partial charge in [0.05, 0.1) is 16.8 Å². The van der Waals surface area contributed by atoms with Gasteiger partial charge < -0.3 is 15.0 Å². The Kier molecular flexibility index (Phi) is 3.53. The maximum Gasteiger partial charge on any atom is 0.218 e. The Morgan fingerprint density at radius 2 is 2.20 bits per heavy atom. The van der Waals surface area contributed by atoms with E-state index >= 15 is 0 Å². The fourth-order valence-electron chi connectivity index (χ4n) is 2.40. The third kappa shape index (κ3) is 2.58. The first kappa shape index (κ1) is 13.2. The van der Waals surface area contributed by atoms with Crippen LogP contribution >= 0.6 is 15.9 Å². The molecule has 0 saturated carbocycles. The summed E-state index contributed by atoms with van der Waals surface area (Å²) in [7, 11) is 0. The maximum absolute atomic E-state index is 11.5. The fraction of sp³-hybridized carbons (Fsp3) is 0.267. The molecule has 20 heavy (non-hydrogen) atoms. The highest BCUT2D eigenvalue weighted by molar-refractivity contribution is 9.10. The molecular formula is C15H15BrN2O2. The predicted molar refractivity (Wildman–Crippen MR) is 82.2 cm³/mol. The van der Waals surface area contributed by atoms with Gasteiger partial charge in [0.2, 0.25) is 5.43 Å². The zero-order valence-corrected chi connectivity index (χ0v) is 12.5. The molecule has 4 nitrogen and oxygen atoms in total. The molecule has 0 saturated heterocycles. The Morgan fingerprint density at radius 1 is 1.35 bits per heavy atom. The zero-order valence-electron chi connectivity index (χ0n) is 10.9. The molecule has 0 unspecified atom stereocenters. The van der Waals surface area contributed by atoms with Crippen LogP contribution in [-0.4, -0.2) is 11.2 Å². The van der Waals surface area contributed by atoms with E-state index in [1.54, 1.807) is 12.4 Å². The van der Waals surface area contributed by atoms with Crippen molar-refractivity contribution in [3.05, 3.63) is 56.4 Å². The van der Waals surface area contributed by atoms with Gasteiger partial charge in [-0.2, -0.15) is 0 Å². The molecule has 1 aromatic carbocycles. The first-order valence-electron chi connectivity index (χ1n) is 6.53. The van der Waals surface area contributed by atoms with Crippen molar-refractivity contribution < 1.29 is 4.74 Å². The zero-order chi connectivity index (χ0) is 14.1. The number of aryl methyl sites for hydroxylation is 2. The summed E-state index contributed by atoms with van der Waals surface area (Å²) in [5.41, 5.74) is 8.34. The first-order valence-corrected chi connectivity index (χ1v) is 7.32. The van der Waals surface area contributed by atoms with Crippen LogP contribution in [0, 0.1) is 0 Å². The lowest BCUT2D eigenvalue weighted by molar-refractivity contribution is 0.357. The lowest BCUT2D eigenvalue weighted by Gasteiger charge is -2.09. The minimum Gasteiger partial charge on any atom is -0.493 e. The number of anilines is 1. The summed E-state index contributed by atoms with van der Waals surface area (Å²) in [6.45, 7) is 1.56. The smallest absolute Gasteiger partial charge is 0.218 e. The SMILES string of the molecule is Nc1cn(CCc2ccc3c(c2)CCO3)cc(Br)c1=O. The third-order valence-corrected chi connectivity index (χ3v) is 4.04. The van der Waals surface area contributed by atoms with E-state index in [1.807, 2.05) is 10.6 Å². The lowest BCUT2D eigenvalue weighted by Crippen LogP contribution is -2.13. The Balaban J connectivity index is 1.75. The van der Waals surface area contributed by atoms with Crippen LogP contribution in [0.25, 0.3) is 0 Å². The molecule has 0 fully saturated rings. The molecule has 1 aromatic heterocycles. The Morgan fingerprint density at radius 3 is 3.00 bits per heavy atom. The summed E-state index contributed by atoms with van der Waals surface area (Å²) < 4.78 is 7.93. The number of ether oxygens (including phenoxy) is 1. The quantitative estimate of drug-likeness (QED) is 0.937. The summed E-state index contributed by atoms with van der Waals surface area (Å²) in [5, 5.41) is 0. The van der Waals surface area contributed by atoms with Crippen LogP contribution in [0.15, 0.2) is 39.9 Å². The van der Waals surface area contributed by atoms with E-state index in [4.69, 9.17) is 10.5 Å². The van der Waals surface area contributed by atoms with Gasteiger partial charge >= 0.3 is 0 Å². The van der Waals surface area contributed by atoms with Crippen molar-refractivity contribution in [3.63, 3.8) is 0 Å². The average molecular weight is 335 g/mol. The topological polar surface area (TPSA) is 57.2 Å². The van der Waals surface area contributed by atoms with Gasteiger partial charge in [-0.25, -0.2) is 0 Å². The van der Waals surface area contributed by atoms with Gasteiger partial charge in [-0.15, -0.1) is 0 Å². The molecule has 2 aromatic rings. The van der Waals surface area contributed by atoms with Gasteiger partial charge in [-0.1, -0.05) is 12.1 Å². The molecule has 5 heteroatoms. The summed E-state index contributed by atoms with van der Waals surface area (Å²) in [6.07, 6.45) is 5.33. The van der Waals surface area contributed by atoms with Gasteiger partial charge in [0.15, 0.2) is 0 Å². The molecular weight excluding hydrogens is 320 g/mol. The van der Waals surface area contributed by atoms with Crippen molar-refractivity contribution in [1.82, 2.24) is 4.57 Å². The normalized spacial score (nSPS) is 13.1. The highest BCUT2D eigenvalue weighted by atomic mass is 79.9. The van der Waals surface area contributed by atoms with E-state index in [9.17, 15) is 4.79 Å². The second-order valence-electron chi connectivity index (χ2n) is 4.92. The third-order valence-electron chi connectivity index (χ3n) is 3.48. The number of nitrogens with two attached hydrogens (primary N) is 1. The number of rotatable bonds is 3. The van der Waals surface area contributed by atoms with Crippen LogP contribution in [0.3, 0.4) is 0 Å². The number of pyridine rings is 1. The number of nitrogen functional groups attached to an aromatic ring is 1. The van der Waals surface area contributed by atoms with Crippen LogP contribution in [-0.2, 0) is 19.4 Å². The van der Waals surface area contributed by atoms with Crippen LogP contribution < -0.4 is 15.9 Å². The summed E-state index contributed by atoms with van der Waals surface area (Å²) in [4.78, 5) is 11.5. The second kappa shape index (κ2) is 5.32. The van der Waals surface area contributed by atoms with Crippen LogP contribution in [0.1, 0.15) is 11.1 Å². The molecule has 2 N–H and O–H groups in total. The Bertz CT molecular complexity index is 683. The van der Waals surface area contributed by atoms with E-state index in [1.165, 1.54) is 11.1 Å². The molecule has 1 aliphatic rings. The molecule has 0 amide bonds. The van der Waals surface area contributed by atoms with Crippen molar-refractivity contribution in [2.75, 3.05) is 12.3 Å². The van der Waals surface area contributed by atoms with E-state index in [0.29, 0.717) is 4.47 Å². The molecule has 0 bridgehead atoms. The van der Waals surface area contributed by atoms with Gasteiger partial charge in [0, 0.05) is 25.4 Å². The Labute approximate surface area is 125 Å². The maximum atomic E-state index is 11.5. The summed E-state index contributed by atoms with van der Waals surface area (Å²) >= 11 is 3.23. The number of aromatic nitrogens is 1.